The number of aromatic amines is 1. The maximum absolute atomic E-state index is 11.5. The Morgan fingerprint density at radius 3 is 3.00 bits per heavy atom. The molecule has 19 heavy (non-hydrogen) atoms. The zero-order valence-corrected chi connectivity index (χ0v) is 10.7. The van der Waals surface area contributed by atoms with E-state index in [1.807, 2.05) is 0 Å². The second kappa shape index (κ2) is 5.83. The second-order valence-corrected chi connectivity index (χ2v) is 4.63. The van der Waals surface area contributed by atoms with Gasteiger partial charge >= 0.3 is 5.97 Å². The van der Waals surface area contributed by atoms with Gasteiger partial charge in [0.2, 0.25) is 0 Å². The van der Waals surface area contributed by atoms with E-state index in [9.17, 15) is 9.59 Å². The van der Waals surface area contributed by atoms with Crippen molar-refractivity contribution in [2.24, 2.45) is 0 Å². The second-order valence-electron chi connectivity index (χ2n) is 4.63. The van der Waals surface area contributed by atoms with Gasteiger partial charge in [0.1, 0.15) is 11.6 Å². The highest BCUT2D eigenvalue weighted by molar-refractivity contribution is 5.67. The van der Waals surface area contributed by atoms with Crippen LogP contribution >= 0.6 is 0 Å². The van der Waals surface area contributed by atoms with Gasteiger partial charge in [-0.2, -0.15) is 0 Å². The van der Waals surface area contributed by atoms with Crippen molar-refractivity contribution >= 4 is 11.8 Å². The zero-order valence-electron chi connectivity index (χ0n) is 10.7. The first-order valence-corrected chi connectivity index (χ1v) is 6.18. The minimum absolute atomic E-state index is 0.0951. The molecule has 1 saturated carbocycles. The van der Waals surface area contributed by atoms with E-state index in [0.717, 1.165) is 12.8 Å². The highest BCUT2D eigenvalue weighted by atomic mass is 16.5. The lowest BCUT2D eigenvalue weighted by atomic mass is 10.2. The van der Waals surface area contributed by atoms with Crippen LogP contribution in [0.4, 0.5) is 5.82 Å². The molecule has 1 fully saturated rings. The summed E-state index contributed by atoms with van der Waals surface area (Å²) in [5.41, 5.74) is -0.202. The molecule has 0 radical (unpaired) electrons. The van der Waals surface area contributed by atoms with E-state index < -0.39 is 12.1 Å². The number of carbonyl (C=O) groups is 1. The molecule has 1 aromatic heterocycles. The van der Waals surface area contributed by atoms with Crippen LogP contribution in [0.1, 0.15) is 31.0 Å². The van der Waals surface area contributed by atoms with Crippen LogP contribution in [-0.4, -0.2) is 40.8 Å². The summed E-state index contributed by atoms with van der Waals surface area (Å²) in [4.78, 5) is 29.1. The number of ether oxygens (including phenoxy) is 1. The minimum atomic E-state index is -0.925. The van der Waals surface area contributed by atoms with Crippen LogP contribution in [0.15, 0.2) is 10.9 Å². The predicted octanol–water partition coefficient (Wildman–Crippen LogP) is 0.549. The molecule has 1 atom stereocenters. The summed E-state index contributed by atoms with van der Waals surface area (Å²) in [7, 11) is 1.45. The van der Waals surface area contributed by atoms with E-state index in [-0.39, 0.29) is 12.0 Å². The lowest BCUT2D eigenvalue weighted by molar-refractivity contribution is -0.139. The Bertz CT molecular complexity index is 510. The first kappa shape index (κ1) is 13.5. The summed E-state index contributed by atoms with van der Waals surface area (Å²) in [6.07, 6.45) is 1.54. The van der Waals surface area contributed by atoms with E-state index in [2.05, 4.69) is 15.3 Å². The van der Waals surface area contributed by atoms with E-state index in [0.29, 0.717) is 24.1 Å². The molecule has 1 aliphatic carbocycles. The first-order chi connectivity index (χ1) is 9.08. The number of carboxylic acid groups (broad SMARTS) is 1. The normalized spacial score (nSPS) is 16.1. The van der Waals surface area contributed by atoms with Gasteiger partial charge in [0.05, 0.1) is 12.5 Å². The standard InChI is InChI=1S/C12H17N3O4/c1-19-8(4-11(17)18)6-13-9-5-10(16)15-12(14-9)7-2-3-7/h5,7-8H,2-4,6H2,1H3,(H,17,18)(H2,13,14,15,16). The summed E-state index contributed by atoms with van der Waals surface area (Å²) in [5, 5.41) is 11.6. The highest BCUT2D eigenvalue weighted by Gasteiger charge is 2.26. The van der Waals surface area contributed by atoms with Crippen LogP contribution in [0, 0.1) is 0 Å². The highest BCUT2D eigenvalue weighted by Crippen LogP contribution is 2.37. The number of carboxylic acids is 1. The van der Waals surface area contributed by atoms with Crippen molar-refractivity contribution in [2.45, 2.75) is 31.3 Å². The van der Waals surface area contributed by atoms with Gasteiger partial charge in [0.15, 0.2) is 0 Å². The number of aromatic nitrogens is 2. The number of aliphatic carboxylic acids is 1. The molecule has 1 unspecified atom stereocenters. The molecule has 0 saturated heterocycles. The van der Waals surface area contributed by atoms with Crippen LogP contribution in [0.25, 0.3) is 0 Å². The van der Waals surface area contributed by atoms with Gasteiger partial charge in [-0.1, -0.05) is 0 Å². The van der Waals surface area contributed by atoms with Crippen molar-refractivity contribution in [1.82, 2.24) is 9.97 Å². The number of nitrogens with one attached hydrogen (secondary N) is 2. The van der Waals surface area contributed by atoms with E-state index >= 15 is 0 Å². The third-order valence-electron chi connectivity index (χ3n) is 2.97. The van der Waals surface area contributed by atoms with Crippen LogP contribution < -0.4 is 10.9 Å². The van der Waals surface area contributed by atoms with E-state index in [4.69, 9.17) is 9.84 Å². The number of methoxy groups -OCH3 is 1. The fraction of sp³-hybridized carbons (Fsp3) is 0.583. The van der Waals surface area contributed by atoms with Crippen LogP contribution in [0.2, 0.25) is 0 Å². The number of anilines is 1. The molecular weight excluding hydrogens is 250 g/mol. The fourth-order valence-corrected chi connectivity index (χ4v) is 1.77. The maximum atomic E-state index is 11.5. The number of nitrogens with zero attached hydrogens (tertiary/aromatic N) is 1. The van der Waals surface area contributed by atoms with Crippen molar-refractivity contribution in [3.05, 3.63) is 22.2 Å². The lowest BCUT2D eigenvalue weighted by Gasteiger charge is -2.14. The van der Waals surface area contributed by atoms with Crippen LogP contribution in [0.5, 0.6) is 0 Å². The van der Waals surface area contributed by atoms with Crippen molar-refractivity contribution in [3.63, 3.8) is 0 Å². The van der Waals surface area contributed by atoms with Crippen LogP contribution in [0.3, 0.4) is 0 Å². The topological polar surface area (TPSA) is 104 Å². The Hall–Kier alpha value is -1.89. The third kappa shape index (κ3) is 4.06. The van der Waals surface area contributed by atoms with Gasteiger partial charge in [-0.3, -0.25) is 9.59 Å². The molecule has 7 nitrogen and oxygen atoms in total. The zero-order chi connectivity index (χ0) is 13.8. The number of hydrogen-bond donors (Lipinski definition) is 3. The number of H-pyrrole nitrogens is 1. The molecule has 0 spiro atoms. The SMILES string of the molecule is COC(CNc1cc(=O)[nH]c(C2CC2)n1)CC(=O)O. The minimum Gasteiger partial charge on any atom is -0.481 e. The van der Waals surface area contributed by atoms with Gasteiger partial charge in [-0.25, -0.2) is 4.98 Å². The predicted molar refractivity (Wildman–Crippen MR) is 68.4 cm³/mol. The summed E-state index contributed by atoms with van der Waals surface area (Å²) in [6, 6.07) is 1.36. The Kier molecular flexibility index (Phi) is 4.16. The van der Waals surface area contributed by atoms with Crippen molar-refractivity contribution in [3.8, 4) is 0 Å². The Morgan fingerprint density at radius 1 is 1.68 bits per heavy atom. The third-order valence-corrected chi connectivity index (χ3v) is 2.97. The largest absolute Gasteiger partial charge is 0.481 e. The molecule has 1 aromatic rings. The Morgan fingerprint density at radius 2 is 2.42 bits per heavy atom. The van der Waals surface area contributed by atoms with Gasteiger partial charge < -0.3 is 20.1 Å². The monoisotopic (exact) mass is 267 g/mol. The van der Waals surface area contributed by atoms with Gasteiger partial charge in [0, 0.05) is 25.6 Å². The van der Waals surface area contributed by atoms with Crippen molar-refractivity contribution in [2.75, 3.05) is 19.0 Å². The average Bonchev–Trinajstić information content (AvgIpc) is 3.17. The summed E-state index contributed by atoms with van der Waals surface area (Å²) < 4.78 is 5.05. The Balaban J connectivity index is 1.98. The molecular formula is C12H17N3O4. The quantitative estimate of drug-likeness (QED) is 0.666. The molecule has 104 valence electrons. The summed E-state index contributed by atoms with van der Waals surface area (Å²) in [5.74, 6) is 0.582. The van der Waals surface area contributed by atoms with Gasteiger partial charge in [0.25, 0.3) is 5.56 Å². The molecule has 0 aromatic carbocycles. The summed E-state index contributed by atoms with van der Waals surface area (Å²) in [6.45, 7) is 0.295. The molecule has 0 aliphatic heterocycles. The molecule has 1 aliphatic rings. The molecule has 3 N–H and O–H groups in total. The molecule has 2 rings (SSSR count). The fourth-order valence-electron chi connectivity index (χ4n) is 1.77. The maximum Gasteiger partial charge on any atom is 0.306 e. The Labute approximate surface area is 110 Å². The number of rotatable bonds is 7. The van der Waals surface area contributed by atoms with Crippen molar-refractivity contribution in [1.29, 1.82) is 0 Å². The smallest absolute Gasteiger partial charge is 0.306 e. The molecule has 0 bridgehead atoms. The molecule has 7 heteroatoms. The lowest BCUT2D eigenvalue weighted by Crippen LogP contribution is -2.26. The van der Waals surface area contributed by atoms with E-state index in [1.165, 1.54) is 13.2 Å². The molecule has 1 heterocycles. The first-order valence-electron chi connectivity index (χ1n) is 6.18. The van der Waals surface area contributed by atoms with E-state index in [1.54, 1.807) is 0 Å². The summed E-state index contributed by atoms with van der Waals surface area (Å²) >= 11 is 0. The van der Waals surface area contributed by atoms with Gasteiger partial charge in [-0.05, 0) is 12.8 Å². The van der Waals surface area contributed by atoms with Crippen molar-refractivity contribution < 1.29 is 14.6 Å². The molecule has 0 amide bonds. The van der Waals surface area contributed by atoms with Gasteiger partial charge in [-0.15, -0.1) is 0 Å². The average molecular weight is 267 g/mol. The number of hydrogen-bond acceptors (Lipinski definition) is 5. The van der Waals surface area contributed by atoms with Crippen LogP contribution in [-0.2, 0) is 9.53 Å².